The topological polar surface area (TPSA) is 46.2 Å². The highest BCUT2D eigenvalue weighted by molar-refractivity contribution is 7.89. The maximum absolute atomic E-state index is 12.8. The average Bonchev–Trinajstić information content (AvgIpc) is 2.61. The summed E-state index contributed by atoms with van der Waals surface area (Å²) in [6.45, 7) is -0.0372. The average molecular weight is 414 g/mol. The Morgan fingerprint density at radius 1 is 0.963 bits per heavy atom. The van der Waals surface area contributed by atoms with Crippen LogP contribution in [0.1, 0.15) is 11.1 Å². The predicted octanol–water partition coefficient (Wildman–Crippen LogP) is 5.03. The van der Waals surface area contributed by atoms with Crippen molar-refractivity contribution < 1.29 is 21.6 Å². The number of fused-ring (bicyclic) bond motifs is 1. The summed E-state index contributed by atoms with van der Waals surface area (Å²) >= 11 is 6.16. The highest BCUT2D eigenvalue weighted by Gasteiger charge is 2.30. The number of benzene rings is 3. The Morgan fingerprint density at radius 2 is 1.63 bits per heavy atom. The summed E-state index contributed by atoms with van der Waals surface area (Å²) in [4.78, 5) is 0.0367. The Balaban J connectivity index is 1.79. The van der Waals surface area contributed by atoms with Gasteiger partial charge >= 0.3 is 6.18 Å². The molecule has 8 heteroatoms. The second-order valence-electron chi connectivity index (χ2n) is 5.94. The summed E-state index contributed by atoms with van der Waals surface area (Å²) in [5.74, 6) is 0. The minimum absolute atomic E-state index is 0.0367. The SMILES string of the molecule is O=S(=O)(NCCc1cccc(C(F)(F)F)c1)c1cccc2cccc(Cl)c12. The van der Waals surface area contributed by atoms with Gasteiger partial charge < -0.3 is 0 Å². The quantitative estimate of drug-likeness (QED) is 0.637. The molecule has 27 heavy (non-hydrogen) atoms. The van der Waals surface area contributed by atoms with E-state index in [1.807, 2.05) is 0 Å². The van der Waals surface area contributed by atoms with Gasteiger partial charge in [-0.2, -0.15) is 13.2 Å². The van der Waals surface area contributed by atoms with Crippen LogP contribution in [0.4, 0.5) is 13.2 Å². The number of hydrogen-bond acceptors (Lipinski definition) is 2. The van der Waals surface area contributed by atoms with Crippen LogP contribution in [-0.2, 0) is 22.6 Å². The highest BCUT2D eigenvalue weighted by atomic mass is 35.5. The fourth-order valence-electron chi connectivity index (χ4n) is 2.80. The predicted molar refractivity (Wildman–Crippen MR) is 99.3 cm³/mol. The lowest BCUT2D eigenvalue weighted by atomic mass is 10.1. The third-order valence-corrected chi connectivity index (χ3v) is 5.88. The molecule has 3 rings (SSSR count). The molecule has 0 saturated heterocycles. The van der Waals surface area contributed by atoms with Crippen LogP contribution in [0.5, 0.6) is 0 Å². The van der Waals surface area contributed by atoms with Crippen LogP contribution in [0.2, 0.25) is 5.02 Å². The molecule has 0 radical (unpaired) electrons. The zero-order valence-corrected chi connectivity index (χ0v) is 15.5. The Morgan fingerprint density at radius 3 is 2.33 bits per heavy atom. The summed E-state index contributed by atoms with van der Waals surface area (Å²) in [7, 11) is -3.87. The van der Waals surface area contributed by atoms with E-state index in [0.29, 0.717) is 21.4 Å². The molecule has 0 amide bonds. The molecule has 0 aromatic heterocycles. The minimum Gasteiger partial charge on any atom is -0.211 e. The van der Waals surface area contributed by atoms with Gasteiger partial charge in [0.2, 0.25) is 10.0 Å². The fraction of sp³-hybridized carbons (Fsp3) is 0.158. The van der Waals surface area contributed by atoms with E-state index in [2.05, 4.69) is 4.72 Å². The van der Waals surface area contributed by atoms with Crippen LogP contribution in [-0.4, -0.2) is 15.0 Å². The lowest BCUT2D eigenvalue weighted by Crippen LogP contribution is -2.26. The van der Waals surface area contributed by atoms with Gasteiger partial charge in [0, 0.05) is 17.0 Å². The first-order chi connectivity index (χ1) is 12.7. The third-order valence-electron chi connectivity index (χ3n) is 4.07. The van der Waals surface area contributed by atoms with E-state index in [1.165, 1.54) is 18.2 Å². The molecule has 3 aromatic rings. The Labute approximate surface area is 159 Å². The van der Waals surface area contributed by atoms with Crippen LogP contribution in [0.15, 0.2) is 65.6 Å². The number of rotatable bonds is 5. The normalized spacial score (nSPS) is 12.4. The maximum Gasteiger partial charge on any atom is 0.416 e. The Hall–Kier alpha value is -2.09. The third kappa shape index (κ3) is 4.43. The number of nitrogens with one attached hydrogen (secondary N) is 1. The van der Waals surface area contributed by atoms with Gasteiger partial charge in [-0.15, -0.1) is 0 Å². The minimum atomic E-state index is -4.44. The van der Waals surface area contributed by atoms with Crippen LogP contribution in [0.3, 0.4) is 0 Å². The summed E-state index contributed by atoms with van der Waals surface area (Å²) in [6.07, 6.45) is -4.31. The van der Waals surface area contributed by atoms with Gasteiger partial charge in [0.1, 0.15) is 0 Å². The van der Waals surface area contributed by atoms with Gasteiger partial charge in [0.15, 0.2) is 0 Å². The van der Waals surface area contributed by atoms with Crippen molar-refractivity contribution in [3.8, 4) is 0 Å². The van der Waals surface area contributed by atoms with E-state index in [0.717, 1.165) is 12.1 Å². The van der Waals surface area contributed by atoms with E-state index in [4.69, 9.17) is 11.6 Å². The molecule has 1 N–H and O–H groups in total. The first-order valence-electron chi connectivity index (χ1n) is 8.01. The zero-order valence-electron chi connectivity index (χ0n) is 13.9. The molecule has 0 spiro atoms. The van der Waals surface area contributed by atoms with Gasteiger partial charge in [-0.3, -0.25) is 0 Å². The van der Waals surface area contributed by atoms with Crippen molar-refractivity contribution in [3.05, 3.63) is 76.8 Å². The van der Waals surface area contributed by atoms with Crippen LogP contribution in [0, 0.1) is 0 Å². The van der Waals surface area contributed by atoms with Crippen molar-refractivity contribution in [2.75, 3.05) is 6.54 Å². The van der Waals surface area contributed by atoms with Crippen molar-refractivity contribution in [3.63, 3.8) is 0 Å². The lowest BCUT2D eigenvalue weighted by molar-refractivity contribution is -0.137. The van der Waals surface area contributed by atoms with Crippen molar-refractivity contribution in [1.29, 1.82) is 0 Å². The number of halogens is 4. The second-order valence-corrected chi connectivity index (χ2v) is 8.08. The van der Waals surface area contributed by atoms with E-state index in [9.17, 15) is 21.6 Å². The Kier molecular flexibility index (Phi) is 5.46. The van der Waals surface area contributed by atoms with E-state index < -0.39 is 21.8 Å². The number of hydrogen-bond donors (Lipinski definition) is 1. The molecule has 3 nitrogen and oxygen atoms in total. The molecular weight excluding hydrogens is 399 g/mol. The molecule has 0 aliphatic rings. The zero-order chi connectivity index (χ0) is 19.7. The molecule has 0 saturated carbocycles. The molecule has 0 bridgehead atoms. The van der Waals surface area contributed by atoms with Gasteiger partial charge in [0.25, 0.3) is 0 Å². The van der Waals surface area contributed by atoms with E-state index in [1.54, 1.807) is 30.3 Å². The smallest absolute Gasteiger partial charge is 0.211 e. The van der Waals surface area contributed by atoms with Crippen molar-refractivity contribution in [2.45, 2.75) is 17.5 Å². The van der Waals surface area contributed by atoms with Crippen molar-refractivity contribution in [2.24, 2.45) is 0 Å². The lowest BCUT2D eigenvalue weighted by Gasteiger charge is -2.12. The van der Waals surface area contributed by atoms with Crippen LogP contribution in [0.25, 0.3) is 10.8 Å². The van der Waals surface area contributed by atoms with Gasteiger partial charge in [-0.05, 0) is 35.6 Å². The monoisotopic (exact) mass is 413 g/mol. The summed E-state index contributed by atoms with van der Waals surface area (Å²) in [5, 5.41) is 1.41. The molecule has 3 aromatic carbocycles. The Bertz CT molecular complexity index is 1080. The number of sulfonamides is 1. The van der Waals surface area contributed by atoms with Crippen LogP contribution < -0.4 is 4.72 Å². The van der Waals surface area contributed by atoms with Crippen LogP contribution >= 0.6 is 11.6 Å². The maximum atomic E-state index is 12.8. The molecule has 0 aliphatic carbocycles. The molecule has 0 aliphatic heterocycles. The molecule has 0 fully saturated rings. The standard InChI is InChI=1S/C19H15ClF3NO2S/c20-16-8-2-5-14-6-3-9-17(18(14)16)27(25,26)24-11-10-13-4-1-7-15(12-13)19(21,22)23/h1-9,12,24H,10-11H2. The molecule has 0 atom stereocenters. The number of alkyl halides is 3. The van der Waals surface area contributed by atoms with Gasteiger partial charge in [-0.25, -0.2) is 13.1 Å². The van der Waals surface area contributed by atoms with E-state index >= 15 is 0 Å². The van der Waals surface area contributed by atoms with E-state index in [-0.39, 0.29) is 17.9 Å². The second kappa shape index (κ2) is 7.50. The largest absolute Gasteiger partial charge is 0.416 e. The molecule has 142 valence electrons. The first-order valence-corrected chi connectivity index (χ1v) is 9.88. The summed E-state index contributed by atoms with van der Waals surface area (Å²) in [5.41, 5.74) is -0.368. The van der Waals surface area contributed by atoms with Crippen molar-refractivity contribution >= 4 is 32.4 Å². The van der Waals surface area contributed by atoms with Gasteiger partial charge in [0.05, 0.1) is 10.5 Å². The molecule has 0 heterocycles. The summed E-state index contributed by atoms with van der Waals surface area (Å²) in [6, 6.07) is 14.7. The first kappa shape index (κ1) is 19.7. The molecule has 0 unspecified atom stereocenters. The fourth-order valence-corrected chi connectivity index (χ4v) is 4.42. The molecular formula is C19H15ClF3NO2S. The summed E-state index contributed by atoms with van der Waals surface area (Å²) < 4.78 is 66.1. The van der Waals surface area contributed by atoms with Crippen molar-refractivity contribution in [1.82, 2.24) is 4.72 Å². The highest BCUT2D eigenvalue weighted by Crippen LogP contribution is 2.30. The van der Waals surface area contributed by atoms with Gasteiger partial charge in [-0.1, -0.05) is 54.1 Å².